The van der Waals surface area contributed by atoms with Crippen LogP contribution in [0.25, 0.3) is 0 Å². The molecule has 0 N–H and O–H groups in total. The van der Waals surface area contributed by atoms with E-state index in [0.717, 1.165) is 0 Å². The third kappa shape index (κ3) is 5.11. The summed E-state index contributed by atoms with van der Waals surface area (Å²) in [4.78, 5) is 9.99. The molecule has 0 heterocycles. The third-order valence-corrected chi connectivity index (χ3v) is 1.31. The molecule has 1 aromatic rings. The fraction of sp³-hybridized carbons (Fsp3) is 0.222. The number of ether oxygens (including phenoxy) is 2. The maximum atomic E-state index is 9.99. The van der Waals surface area contributed by atoms with Crippen molar-refractivity contribution in [2.75, 3.05) is 0 Å². The molecule has 0 aromatic heterocycles. The van der Waals surface area contributed by atoms with Crippen LogP contribution in [0.15, 0.2) is 30.3 Å². The molecule has 5 heteroatoms. The van der Waals surface area contributed by atoms with Gasteiger partial charge in [0.25, 0.3) is 6.16 Å². The molecule has 4 nitrogen and oxygen atoms in total. The van der Waals surface area contributed by atoms with Crippen LogP contribution in [0.4, 0.5) is 4.79 Å². The first-order valence-corrected chi connectivity index (χ1v) is 3.78. The quantitative estimate of drug-likeness (QED) is 0.318. The molecule has 1 aromatic carbocycles. The van der Waals surface area contributed by atoms with Crippen LogP contribution in [-0.4, -0.2) is 12.4 Å². The summed E-state index contributed by atoms with van der Waals surface area (Å²) in [7, 11) is 0. The van der Waals surface area contributed by atoms with Gasteiger partial charge in [0.05, 0.1) is 0 Å². The summed E-state index contributed by atoms with van der Waals surface area (Å²) in [5, 5.41) is 9.99. The van der Waals surface area contributed by atoms with E-state index in [1.165, 1.54) is 6.92 Å². The standard InChI is InChI=1S/C9H10O4.Na/c1-7(13-9(10)11)12-8-5-3-2-4-6-8;/h2-7H,1H3,(H,10,11);/q;+1/p-1. The van der Waals surface area contributed by atoms with Gasteiger partial charge in [-0.3, -0.25) is 0 Å². The smallest absolute Gasteiger partial charge is 0.511 e. The van der Waals surface area contributed by atoms with E-state index in [2.05, 4.69) is 4.74 Å². The molecule has 0 saturated heterocycles. The molecule has 0 aliphatic heterocycles. The van der Waals surface area contributed by atoms with Gasteiger partial charge in [0.1, 0.15) is 5.75 Å². The van der Waals surface area contributed by atoms with Gasteiger partial charge in [0.15, 0.2) is 6.29 Å². The van der Waals surface area contributed by atoms with E-state index in [0.29, 0.717) is 5.75 Å². The molecule has 14 heavy (non-hydrogen) atoms. The zero-order chi connectivity index (χ0) is 9.68. The summed E-state index contributed by atoms with van der Waals surface area (Å²) >= 11 is 0. The number of carbonyl (C=O) groups is 1. The summed E-state index contributed by atoms with van der Waals surface area (Å²) < 4.78 is 9.32. The maximum absolute atomic E-state index is 9.99. The Kier molecular flexibility index (Phi) is 6.36. The Bertz CT molecular complexity index is 275. The largest absolute Gasteiger partial charge is 1.00 e. The second-order valence-electron chi connectivity index (χ2n) is 2.37. The molecular formula is C9H9NaO4. The molecular weight excluding hydrogens is 195 g/mol. The van der Waals surface area contributed by atoms with Crippen LogP contribution in [0.3, 0.4) is 0 Å². The van der Waals surface area contributed by atoms with Gasteiger partial charge in [0, 0.05) is 0 Å². The molecule has 1 atom stereocenters. The van der Waals surface area contributed by atoms with Gasteiger partial charge >= 0.3 is 29.6 Å². The number of para-hydroxylation sites is 1. The molecule has 0 fully saturated rings. The third-order valence-electron chi connectivity index (χ3n) is 1.31. The molecule has 0 amide bonds. The minimum Gasteiger partial charge on any atom is -0.511 e. The predicted molar refractivity (Wildman–Crippen MR) is 43.0 cm³/mol. The van der Waals surface area contributed by atoms with Crippen molar-refractivity contribution in [3.05, 3.63) is 30.3 Å². The molecule has 1 unspecified atom stereocenters. The van der Waals surface area contributed by atoms with Gasteiger partial charge < -0.3 is 19.4 Å². The van der Waals surface area contributed by atoms with E-state index in [1.807, 2.05) is 6.07 Å². The average molecular weight is 204 g/mol. The van der Waals surface area contributed by atoms with Gasteiger partial charge in [-0.1, -0.05) is 18.2 Å². The van der Waals surface area contributed by atoms with Crippen molar-refractivity contribution >= 4 is 6.16 Å². The van der Waals surface area contributed by atoms with Crippen LogP contribution >= 0.6 is 0 Å². The number of benzene rings is 1. The minimum absolute atomic E-state index is 0. The van der Waals surface area contributed by atoms with E-state index in [-0.39, 0.29) is 29.6 Å². The number of hydrogen-bond donors (Lipinski definition) is 0. The number of carboxylic acid groups (broad SMARTS) is 1. The summed E-state index contributed by atoms with van der Waals surface area (Å²) in [6.45, 7) is 1.48. The molecule has 0 radical (unpaired) electrons. The van der Waals surface area contributed by atoms with Crippen molar-refractivity contribution in [2.24, 2.45) is 0 Å². The Morgan fingerprint density at radius 2 is 1.93 bits per heavy atom. The van der Waals surface area contributed by atoms with E-state index in [1.54, 1.807) is 24.3 Å². The van der Waals surface area contributed by atoms with Crippen LogP contribution in [0, 0.1) is 0 Å². The SMILES string of the molecule is CC(OC(=O)[O-])Oc1ccccc1.[Na+]. The van der Waals surface area contributed by atoms with Gasteiger partial charge in [-0.05, 0) is 19.1 Å². The number of hydrogen-bond acceptors (Lipinski definition) is 4. The second-order valence-corrected chi connectivity index (χ2v) is 2.37. The van der Waals surface area contributed by atoms with Crippen molar-refractivity contribution in [1.29, 1.82) is 0 Å². The van der Waals surface area contributed by atoms with E-state index >= 15 is 0 Å². The Balaban J connectivity index is 0.00000169. The first-order valence-electron chi connectivity index (χ1n) is 3.78. The topological polar surface area (TPSA) is 58.6 Å². The van der Waals surface area contributed by atoms with Gasteiger partial charge in [-0.2, -0.15) is 0 Å². The van der Waals surface area contributed by atoms with Crippen molar-refractivity contribution in [2.45, 2.75) is 13.2 Å². The van der Waals surface area contributed by atoms with E-state index in [9.17, 15) is 9.90 Å². The van der Waals surface area contributed by atoms with Crippen molar-refractivity contribution in [3.8, 4) is 5.75 Å². The average Bonchev–Trinajstić information content (AvgIpc) is 2.04. The molecule has 0 aliphatic carbocycles. The fourth-order valence-electron chi connectivity index (χ4n) is 0.850. The predicted octanol–water partition coefficient (Wildman–Crippen LogP) is -2.22. The first-order chi connectivity index (χ1) is 6.18. The summed E-state index contributed by atoms with van der Waals surface area (Å²) in [6, 6.07) is 8.80. The zero-order valence-corrected chi connectivity index (χ0v) is 10.1. The van der Waals surface area contributed by atoms with Crippen molar-refractivity contribution < 1.29 is 48.9 Å². The van der Waals surface area contributed by atoms with Crippen LogP contribution in [0.1, 0.15) is 6.92 Å². The zero-order valence-electron chi connectivity index (χ0n) is 8.10. The van der Waals surface area contributed by atoms with E-state index in [4.69, 9.17) is 4.74 Å². The number of rotatable bonds is 3. The first kappa shape index (κ1) is 13.3. The Morgan fingerprint density at radius 3 is 2.43 bits per heavy atom. The monoisotopic (exact) mass is 204 g/mol. The van der Waals surface area contributed by atoms with Gasteiger partial charge in [-0.15, -0.1) is 0 Å². The molecule has 0 bridgehead atoms. The van der Waals surface area contributed by atoms with Crippen molar-refractivity contribution in [3.63, 3.8) is 0 Å². The Labute approximate surface area is 104 Å². The summed E-state index contributed by atoms with van der Waals surface area (Å²) in [5.74, 6) is 0.552. The second kappa shape index (κ2) is 6.70. The van der Waals surface area contributed by atoms with Crippen LogP contribution in [0.2, 0.25) is 0 Å². The molecule has 1 rings (SSSR count). The molecule has 0 spiro atoms. The summed E-state index contributed by atoms with van der Waals surface area (Å²) in [6.07, 6.45) is -2.45. The number of carbonyl (C=O) groups excluding carboxylic acids is 1. The van der Waals surface area contributed by atoms with Crippen LogP contribution < -0.4 is 39.4 Å². The maximum Gasteiger partial charge on any atom is 1.00 e. The van der Waals surface area contributed by atoms with Crippen LogP contribution in [0.5, 0.6) is 5.75 Å². The molecule has 70 valence electrons. The minimum atomic E-state index is -1.59. The molecule has 0 aliphatic rings. The normalized spacial score (nSPS) is 10.9. The summed E-state index contributed by atoms with van der Waals surface area (Å²) in [5.41, 5.74) is 0. The van der Waals surface area contributed by atoms with E-state index < -0.39 is 12.4 Å². The van der Waals surface area contributed by atoms with Crippen LogP contribution in [-0.2, 0) is 4.74 Å². The Morgan fingerprint density at radius 1 is 1.36 bits per heavy atom. The fourth-order valence-corrected chi connectivity index (χ4v) is 0.850. The van der Waals surface area contributed by atoms with Gasteiger partial charge in [0.2, 0.25) is 0 Å². The molecule has 0 saturated carbocycles. The Hall–Kier alpha value is -0.710. The van der Waals surface area contributed by atoms with Gasteiger partial charge in [-0.25, -0.2) is 0 Å². The van der Waals surface area contributed by atoms with Crippen molar-refractivity contribution in [1.82, 2.24) is 0 Å².